The fraction of sp³-hybridized carbons (Fsp3) is 0.100. The summed E-state index contributed by atoms with van der Waals surface area (Å²) in [4.78, 5) is 4.22. The summed E-state index contributed by atoms with van der Waals surface area (Å²) in [5.41, 5.74) is 9.71. The minimum atomic E-state index is 0.202. The molecule has 26 heavy (non-hydrogen) atoms. The molecule has 130 valence electrons. The monoisotopic (exact) mass is 457 g/mol. The fourth-order valence-electron chi connectivity index (χ4n) is 2.80. The molecule has 0 saturated heterocycles. The number of nitrogen functional groups attached to an aromatic ring is 1. The number of nitriles is 1. The van der Waals surface area contributed by atoms with E-state index in [0.29, 0.717) is 17.1 Å². The molecule has 0 aliphatic carbocycles. The predicted molar refractivity (Wildman–Crippen MR) is 110 cm³/mol. The second-order valence-electron chi connectivity index (χ2n) is 5.47. The molecular formula is C20H16IN3O2. The van der Waals surface area contributed by atoms with Gasteiger partial charge in [0.15, 0.2) is 11.5 Å². The van der Waals surface area contributed by atoms with Gasteiger partial charge in [-0.3, -0.25) is 0 Å². The maximum Gasteiger partial charge on any atom is 0.161 e. The molecule has 1 heterocycles. The number of halogens is 1. The molecule has 6 heteroatoms. The molecule has 0 aliphatic heterocycles. The van der Waals surface area contributed by atoms with Gasteiger partial charge in [0, 0.05) is 26.5 Å². The molecule has 0 saturated carbocycles. The van der Waals surface area contributed by atoms with Crippen LogP contribution in [-0.2, 0) is 0 Å². The molecule has 0 spiro atoms. The van der Waals surface area contributed by atoms with Gasteiger partial charge in [0.25, 0.3) is 0 Å². The first-order chi connectivity index (χ1) is 12.6. The van der Waals surface area contributed by atoms with Gasteiger partial charge in [0.2, 0.25) is 0 Å². The topological polar surface area (TPSA) is 81.2 Å². The lowest BCUT2D eigenvalue weighted by Crippen LogP contribution is -2.01. The van der Waals surface area contributed by atoms with E-state index in [4.69, 9.17) is 15.2 Å². The van der Waals surface area contributed by atoms with Crippen LogP contribution in [0.15, 0.2) is 48.7 Å². The van der Waals surface area contributed by atoms with E-state index in [9.17, 15) is 5.26 Å². The Morgan fingerprint density at radius 3 is 2.31 bits per heavy atom. The lowest BCUT2D eigenvalue weighted by Gasteiger charge is -2.17. The summed E-state index contributed by atoms with van der Waals surface area (Å²) in [6, 6.07) is 15.7. The van der Waals surface area contributed by atoms with Crippen molar-refractivity contribution in [1.82, 2.24) is 4.98 Å². The Kier molecular flexibility index (Phi) is 5.28. The van der Waals surface area contributed by atoms with E-state index in [1.165, 1.54) is 0 Å². The Morgan fingerprint density at radius 2 is 1.69 bits per heavy atom. The Bertz CT molecular complexity index is 998. The molecule has 3 aromatic rings. The van der Waals surface area contributed by atoms with Crippen molar-refractivity contribution in [2.75, 3.05) is 20.0 Å². The molecule has 0 bridgehead atoms. The molecule has 1 aromatic heterocycles. The Hall–Kier alpha value is -2.79. The first-order valence-electron chi connectivity index (χ1n) is 7.76. The zero-order valence-electron chi connectivity index (χ0n) is 14.3. The third kappa shape index (κ3) is 3.18. The molecule has 0 unspecified atom stereocenters. The zero-order valence-corrected chi connectivity index (χ0v) is 16.4. The van der Waals surface area contributed by atoms with Crippen LogP contribution in [0.5, 0.6) is 11.5 Å². The molecular weight excluding hydrogens is 441 g/mol. The van der Waals surface area contributed by atoms with Crippen LogP contribution in [0.4, 0.5) is 5.82 Å². The number of benzene rings is 2. The van der Waals surface area contributed by atoms with Crippen LogP contribution >= 0.6 is 22.6 Å². The first kappa shape index (κ1) is 18.0. The lowest BCUT2D eigenvalue weighted by molar-refractivity contribution is 0.355. The van der Waals surface area contributed by atoms with E-state index in [-0.39, 0.29) is 5.82 Å². The normalized spacial score (nSPS) is 10.2. The highest BCUT2D eigenvalue weighted by atomic mass is 127. The summed E-state index contributed by atoms with van der Waals surface area (Å²) in [5.74, 6) is 1.41. The van der Waals surface area contributed by atoms with Gasteiger partial charge in [-0.15, -0.1) is 0 Å². The number of aromatic nitrogens is 1. The Labute approximate surface area is 165 Å². The van der Waals surface area contributed by atoms with Gasteiger partial charge in [-0.1, -0.05) is 30.3 Å². The predicted octanol–water partition coefficient (Wildman–Crippen LogP) is 4.49. The van der Waals surface area contributed by atoms with Crippen LogP contribution in [0.1, 0.15) is 5.56 Å². The van der Waals surface area contributed by atoms with E-state index >= 15 is 0 Å². The summed E-state index contributed by atoms with van der Waals surface area (Å²) < 4.78 is 11.7. The highest BCUT2D eigenvalue weighted by Gasteiger charge is 2.20. The van der Waals surface area contributed by atoms with Crippen molar-refractivity contribution in [2.45, 2.75) is 0 Å². The van der Waals surface area contributed by atoms with E-state index in [1.807, 2.05) is 42.5 Å². The van der Waals surface area contributed by atoms with Gasteiger partial charge < -0.3 is 15.2 Å². The second-order valence-corrected chi connectivity index (χ2v) is 6.63. The summed E-state index contributed by atoms with van der Waals surface area (Å²) >= 11 is 2.22. The molecule has 0 fully saturated rings. The van der Waals surface area contributed by atoms with Crippen LogP contribution in [-0.4, -0.2) is 19.2 Å². The number of rotatable bonds is 4. The van der Waals surface area contributed by atoms with Crippen molar-refractivity contribution >= 4 is 28.4 Å². The van der Waals surface area contributed by atoms with Gasteiger partial charge in [0.1, 0.15) is 17.5 Å². The first-order valence-corrected chi connectivity index (χ1v) is 8.84. The van der Waals surface area contributed by atoms with Crippen LogP contribution in [0.3, 0.4) is 0 Å². The van der Waals surface area contributed by atoms with Crippen LogP contribution in [0.25, 0.3) is 22.3 Å². The fourth-order valence-corrected chi connectivity index (χ4v) is 3.51. The third-order valence-electron chi connectivity index (χ3n) is 4.05. The van der Waals surface area contributed by atoms with Crippen molar-refractivity contribution in [2.24, 2.45) is 0 Å². The zero-order chi connectivity index (χ0) is 18.7. The molecule has 0 aliphatic rings. The van der Waals surface area contributed by atoms with Crippen molar-refractivity contribution in [3.05, 3.63) is 57.8 Å². The van der Waals surface area contributed by atoms with E-state index in [0.717, 1.165) is 25.8 Å². The number of hydrogen-bond donors (Lipinski definition) is 1. The molecule has 0 amide bonds. The second kappa shape index (κ2) is 7.62. The van der Waals surface area contributed by atoms with Gasteiger partial charge in [0.05, 0.1) is 14.2 Å². The number of anilines is 1. The van der Waals surface area contributed by atoms with Crippen molar-refractivity contribution < 1.29 is 9.47 Å². The van der Waals surface area contributed by atoms with E-state index in [1.54, 1.807) is 20.4 Å². The van der Waals surface area contributed by atoms with Gasteiger partial charge in [-0.2, -0.15) is 5.26 Å². The minimum absolute atomic E-state index is 0.202. The molecule has 3 rings (SSSR count). The number of nitrogens with zero attached hydrogens (tertiary/aromatic N) is 2. The third-order valence-corrected chi connectivity index (χ3v) is 4.94. The van der Waals surface area contributed by atoms with Gasteiger partial charge in [-0.25, -0.2) is 4.98 Å². The molecule has 0 atom stereocenters. The number of methoxy groups -OCH3 is 2. The Balaban J connectivity index is 2.38. The standard InChI is InChI=1S/C20H16IN3O2/c1-25-17-8-13(16(21)9-18(17)26-2)19-14(10-22)20(23)24-11-15(19)12-6-4-3-5-7-12/h3-9,11H,1-2H3,(H2,23,24). The maximum absolute atomic E-state index is 9.72. The largest absolute Gasteiger partial charge is 0.493 e. The smallest absolute Gasteiger partial charge is 0.161 e. The average Bonchev–Trinajstić information content (AvgIpc) is 2.68. The summed E-state index contributed by atoms with van der Waals surface area (Å²) in [7, 11) is 3.17. The lowest BCUT2D eigenvalue weighted by atomic mass is 9.92. The molecule has 5 nitrogen and oxygen atoms in total. The van der Waals surface area contributed by atoms with E-state index in [2.05, 4.69) is 33.6 Å². The summed E-state index contributed by atoms with van der Waals surface area (Å²) in [6.07, 6.45) is 1.70. The van der Waals surface area contributed by atoms with Gasteiger partial charge >= 0.3 is 0 Å². The van der Waals surface area contributed by atoms with Crippen molar-refractivity contribution in [3.8, 4) is 39.8 Å². The van der Waals surface area contributed by atoms with Crippen LogP contribution in [0.2, 0.25) is 0 Å². The highest BCUT2D eigenvalue weighted by Crippen LogP contribution is 2.42. The molecule has 2 aromatic carbocycles. The number of pyridine rings is 1. The van der Waals surface area contributed by atoms with E-state index < -0.39 is 0 Å². The summed E-state index contributed by atoms with van der Waals surface area (Å²) in [5, 5.41) is 9.72. The summed E-state index contributed by atoms with van der Waals surface area (Å²) in [6.45, 7) is 0. The van der Waals surface area contributed by atoms with Crippen molar-refractivity contribution in [3.63, 3.8) is 0 Å². The number of nitrogens with two attached hydrogens (primary N) is 1. The van der Waals surface area contributed by atoms with Crippen LogP contribution < -0.4 is 15.2 Å². The number of hydrogen-bond acceptors (Lipinski definition) is 5. The molecule has 0 radical (unpaired) electrons. The minimum Gasteiger partial charge on any atom is -0.493 e. The highest BCUT2D eigenvalue weighted by molar-refractivity contribution is 14.1. The van der Waals surface area contributed by atoms with Crippen molar-refractivity contribution in [1.29, 1.82) is 5.26 Å². The number of ether oxygens (including phenoxy) is 2. The SMILES string of the molecule is COc1cc(I)c(-c2c(-c3ccccc3)cnc(N)c2C#N)cc1OC. The molecule has 2 N–H and O–H groups in total. The average molecular weight is 457 g/mol. The van der Waals surface area contributed by atoms with Gasteiger partial charge in [-0.05, 0) is 40.3 Å². The quantitative estimate of drug-likeness (QED) is 0.584. The maximum atomic E-state index is 9.72. The van der Waals surface area contributed by atoms with Crippen LogP contribution in [0, 0.1) is 14.9 Å². The Morgan fingerprint density at radius 1 is 1.04 bits per heavy atom.